The number of anilines is 1. The van der Waals surface area contributed by atoms with Crippen molar-refractivity contribution in [1.82, 2.24) is 9.97 Å². The van der Waals surface area contributed by atoms with Gasteiger partial charge in [0, 0.05) is 36.1 Å². The first-order valence-electron chi connectivity index (χ1n) is 11.2. The topological polar surface area (TPSA) is 91.8 Å². The highest BCUT2D eigenvalue weighted by molar-refractivity contribution is 6.06. The number of benzene rings is 2. The van der Waals surface area contributed by atoms with Crippen molar-refractivity contribution in [2.24, 2.45) is 0 Å². The SMILES string of the molecule is COc1cc2nccc(Oc3c(F)cc(NC(=O)c4cnccc4OC4CC4)c(F)c3F)c2cc1OC. The monoisotopic (exact) mass is 511 g/mol. The Bertz CT molecular complexity index is 1510. The van der Waals surface area contributed by atoms with Gasteiger partial charge in [-0.1, -0.05) is 0 Å². The van der Waals surface area contributed by atoms with Gasteiger partial charge in [-0.05, 0) is 31.0 Å². The molecule has 1 amide bonds. The van der Waals surface area contributed by atoms with Crippen LogP contribution < -0.4 is 24.3 Å². The molecular weight excluding hydrogens is 491 g/mol. The number of rotatable bonds is 8. The molecule has 1 N–H and O–H groups in total. The van der Waals surface area contributed by atoms with Crippen molar-refractivity contribution in [3.63, 3.8) is 0 Å². The third-order valence-corrected chi connectivity index (χ3v) is 5.63. The molecule has 11 heteroatoms. The number of ether oxygens (including phenoxy) is 4. The van der Waals surface area contributed by atoms with E-state index < -0.39 is 34.8 Å². The number of nitrogens with zero attached hydrogens (tertiary/aromatic N) is 2. The summed E-state index contributed by atoms with van der Waals surface area (Å²) < 4.78 is 66.5. The molecule has 0 unspecified atom stereocenters. The number of fused-ring (bicyclic) bond motifs is 1. The van der Waals surface area contributed by atoms with Crippen LogP contribution in [0.25, 0.3) is 10.9 Å². The molecule has 37 heavy (non-hydrogen) atoms. The molecule has 0 spiro atoms. The summed E-state index contributed by atoms with van der Waals surface area (Å²) >= 11 is 0. The van der Waals surface area contributed by atoms with Crippen molar-refractivity contribution in [3.05, 3.63) is 71.9 Å². The molecule has 0 aliphatic heterocycles. The molecule has 2 aromatic heterocycles. The second-order valence-corrected chi connectivity index (χ2v) is 8.14. The average Bonchev–Trinajstić information content (AvgIpc) is 3.73. The van der Waals surface area contributed by atoms with Crippen LogP contribution in [0.2, 0.25) is 0 Å². The summed E-state index contributed by atoms with van der Waals surface area (Å²) in [6.07, 6.45) is 5.72. The lowest BCUT2D eigenvalue weighted by molar-refractivity contribution is 0.102. The largest absolute Gasteiger partial charge is 0.493 e. The summed E-state index contributed by atoms with van der Waals surface area (Å²) in [5.41, 5.74) is -0.317. The van der Waals surface area contributed by atoms with E-state index in [4.69, 9.17) is 18.9 Å². The molecule has 0 radical (unpaired) electrons. The number of halogens is 3. The smallest absolute Gasteiger partial charge is 0.261 e. The minimum atomic E-state index is -1.62. The van der Waals surface area contributed by atoms with Gasteiger partial charge in [0.15, 0.2) is 23.1 Å². The molecule has 2 aromatic carbocycles. The first kappa shape index (κ1) is 24.2. The summed E-state index contributed by atoms with van der Waals surface area (Å²) in [5, 5.41) is 2.52. The molecule has 1 saturated carbocycles. The Hall–Kier alpha value is -4.54. The minimum Gasteiger partial charge on any atom is -0.493 e. The molecule has 190 valence electrons. The average molecular weight is 511 g/mol. The quantitative estimate of drug-likeness (QED) is 0.306. The van der Waals surface area contributed by atoms with Crippen LogP contribution in [-0.4, -0.2) is 36.2 Å². The lowest BCUT2D eigenvalue weighted by Crippen LogP contribution is -2.16. The van der Waals surface area contributed by atoms with Crippen LogP contribution in [0.1, 0.15) is 23.2 Å². The third-order valence-electron chi connectivity index (χ3n) is 5.63. The standard InChI is InChI=1S/C26H20F3N3O5/c1-34-21-9-14-17(11-22(21)35-2)31-8-6-19(14)37-25-16(27)10-18(23(28)24(25)29)32-26(33)15-12-30-7-5-20(15)36-13-3-4-13/h5-13H,3-4H2,1-2H3,(H,32,33). The van der Waals surface area contributed by atoms with Gasteiger partial charge in [0.2, 0.25) is 11.6 Å². The van der Waals surface area contributed by atoms with Gasteiger partial charge >= 0.3 is 0 Å². The number of hydrogen-bond donors (Lipinski definition) is 1. The fraction of sp³-hybridized carbons (Fsp3) is 0.192. The minimum absolute atomic E-state index is 0.00238. The second-order valence-electron chi connectivity index (χ2n) is 8.14. The van der Waals surface area contributed by atoms with Crippen molar-refractivity contribution in [2.45, 2.75) is 18.9 Å². The van der Waals surface area contributed by atoms with Crippen LogP contribution in [0.5, 0.6) is 28.7 Å². The molecule has 5 rings (SSSR count). The van der Waals surface area contributed by atoms with Crippen molar-refractivity contribution < 1.29 is 36.9 Å². The fourth-order valence-electron chi connectivity index (χ4n) is 3.62. The number of amides is 1. The van der Waals surface area contributed by atoms with Crippen LogP contribution in [0.3, 0.4) is 0 Å². The number of aromatic nitrogens is 2. The van der Waals surface area contributed by atoms with E-state index in [1.54, 1.807) is 6.07 Å². The van der Waals surface area contributed by atoms with Crippen LogP contribution in [-0.2, 0) is 0 Å². The molecule has 1 fully saturated rings. The fourth-order valence-corrected chi connectivity index (χ4v) is 3.62. The zero-order valence-electron chi connectivity index (χ0n) is 19.7. The predicted octanol–water partition coefficient (Wildman–Crippen LogP) is 5.65. The lowest BCUT2D eigenvalue weighted by atomic mass is 10.1. The van der Waals surface area contributed by atoms with E-state index in [0.717, 1.165) is 12.8 Å². The summed E-state index contributed by atoms with van der Waals surface area (Å²) in [5.74, 6) is -5.23. The lowest BCUT2D eigenvalue weighted by Gasteiger charge is -2.15. The van der Waals surface area contributed by atoms with E-state index in [2.05, 4.69) is 15.3 Å². The molecule has 8 nitrogen and oxygen atoms in total. The first-order valence-corrected chi connectivity index (χ1v) is 11.2. The van der Waals surface area contributed by atoms with Crippen LogP contribution in [0.4, 0.5) is 18.9 Å². The van der Waals surface area contributed by atoms with Gasteiger partial charge in [-0.2, -0.15) is 4.39 Å². The van der Waals surface area contributed by atoms with Gasteiger partial charge in [-0.3, -0.25) is 14.8 Å². The Balaban J connectivity index is 1.45. The number of carbonyl (C=O) groups is 1. The van der Waals surface area contributed by atoms with Crippen molar-refractivity contribution >= 4 is 22.5 Å². The summed E-state index contributed by atoms with van der Waals surface area (Å²) in [6, 6.07) is 6.57. The highest BCUT2D eigenvalue weighted by Gasteiger charge is 2.27. The zero-order chi connectivity index (χ0) is 26.1. The maximum Gasteiger partial charge on any atom is 0.261 e. The Morgan fingerprint density at radius 2 is 1.68 bits per heavy atom. The van der Waals surface area contributed by atoms with Gasteiger partial charge in [-0.15, -0.1) is 0 Å². The van der Waals surface area contributed by atoms with Crippen molar-refractivity contribution in [1.29, 1.82) is 0 Å². The normalized spacial score (nSPS) is 12.8. The van der Waals surface area contributed by atoms with Crippen LogP contribution in [0.15, 0.2) is 48.9 Å². The Kier molecular flexibility index (Phi) is 6.43. The number of nitrogens with one attached hydrogen (secondary N) is 1. The molecule has 1 aliphatic rings. The van der Waals surface area contributed by atoms with Crippen molar-refractivity contribution in [2.75, 3.05) is 19.5 Å². The maximum atomic E-state index is 15.0. The molecule has 0 atom stereocenters. The van der Waals surface area contributed by atoms with Gasteiger partial charge in [-0.25, -0.2) is 8.78 Å². The van der Waals surface area contributed by atoms with E-state index in [1.165, 1.54) is 51.0 Å². The van der Waals surface area contributed by atoms with E-state index in [9.17, 15) is 18.0 Å². The molecular formula is C26H20F3N3O5. The summed E-state index contributed by atoms with van der Waals surface area (Å²) in [6.45, 7) is 0. The predicted molar refractivity (Wildman–Crippen MR) is 127 cm³/mol. The van der Waals surface area contributed by atoms with Gasteiger partial charge < -0.3 is 24.3 Å². The first-order chi connectivity index (χ1) is 17.9. The summed E-state index contributed by atoms with van der Waals surface area (Å²) in [4.78, 5) is 20.8. The third kappa shape index (κ3) is 4.80. The molecule has 4 aromatic rings. The van der Waals surface area contributed by atoms with E-state index in [-0.39, 0.29) is 23.2 Å². The zero-order valence-corrected chi connectivity index (χ0v) is 19.7. The Labute approximate surface area is 209 Å². The number of methoxy groups -OCH3 is 2. The van der Waals surface area contributed by atoms with Crippen molar-refractivity contribution in [3.8, 4) is 28.7 Å². The highest BCUT2D eigenvalue weighted by Crippen LogP contribution is 2.39. The molecule has 0 bridgehead atoms. The number of carbonyl (C=O) groups excluding carboxylic acids is 1. The molecule has 1 aliphatic carbocycles. The van der Waals surface area contributed by atoms with E-state index in [0.29, 0.717) is 28.5 Å². The molecule has 0 saturated heterocycles. The van der Waals surface area contributed by atoms with Gasteiger partial charge in [0.05, 0.1) is 37.1 Å². The highest BCUT2D eigenvalue weighted by atomic mass is 19.2. The van der Waals surface area contributed by atoms with Gasteiger partial charge in [0.25, 0.3) is 5.91 Å². The van der Waals surface area contributed by atoms with Crippen LogP contribution in [0, 0.1) is 17.5 Å². The number of pyridine rings is 2. The Morgan fingerprint density at radius 3 is 2.41 bits per heavy atom. The van der Waals surface area contributed by atoms with E-state index >= 15 is 0 Å². The second kappa shape index (κ2) is 9.84. The Morgan fingerprint density at radius 1 is 0.946 bits per heavy atom. The van der Waals surface area contributed by atoms with E-state index in [1.807, 2.05) is 0 Å². The summed E-state index contributed by atoms with van der Waals surface area (Å²) in [7, 11) is 2.88. The number of hydrogen-bond acceptors (Lipinski definition) is 7. The van der Waals surface area contributed by atoms with Crippen LogP contribution >= 0.6 is 0 Å². The van der Waals surface area contributed by atoms with Gasteiger partial charge in [0.1, 0.15) is 11.5 Å². The maximum absolute atomic E-state index is 15.0. The molecule has 2 heterocycles.